The van der Waals surface area contributed by atoms with Crippen molar-refractivity contribution in [1.82, 2.24) is 4.31 Å². The van der Waals surface area contributed by atoms with Crippen molar-refractivity contribution in [2.75, 3.05) is 13.1 Å². The van der Waals surface area contributed by atoms with Gasteiger partial charge in [-0.1, -0.05) is 26.0 Å². The molecule has 0 saturated heterocycles. The van der Waals surface area contributed by atoms with Crippen LogP contribution in [0.15, 0.2) is 53.4 Å². The molecule has 0 aliphatic rings. The largest absolute Gasteiger partial charge is 0.289 e. The minimum atomic E-state index is -3.60. The second kappa shape index (κ2) is 8.33. The first-order valence-corrected chi connectivity index (χ1v) is 9.51. The lowest BCUT2D eigenvalue weighted by Gasteiger charge is -2.18. The molecule has 26 heavy (non-hydrogen) atoms. The van der Waals surface area contributed by atoms with Crippen LogP contribution in [0.5, 0.6) is 0 Å². The zero-order valence-electron chi connectivity index (χ0n) is 14.4. The first-order chi connectivity index (χ1) is 12.3. The highest BCUT2D eigenvalue weighted by molar-refractivity contribution is 7.89. The average Bonchev–Trinajstić information content (AvgIpc) is 2.63. The third kappa shape index (κ3) is 4.23. The maximum Gasteiger partial charge on any atom is 0.243 e. The van der Waals surface area contributed by atoms with Gasteiger partial charge in [0.05, 0.1) is 4.90 Å². The maximum absolute atomic E-state index is 13.6. The van der Waals surface area contributed by atoms with E-state index in [-0.39, 0.29) is 16.0 Å². The molecule has 2 aromatic rings. The molecule has 0 radical (unpaired) electrons. The fraction of sp³-hybridized carbons (Fsp3) is 0.211. The molecule has 0 aliphatic heterocycles. The lowest BCUT2D eigenvalue weighted by Crippen LogP contribution is -2.30. The molecular weight excluding hydrogens is 360 g/mol. The molecule has 0 fully saturated rings. The van der Waals surface area contributed by atoms with Crippen LogP contribution in [0.25, 0.3) is 6.08 Å². The van der Waals surface area contributed by atoms with E-state index in [0.717, 1.165) is 12.1 Å². The van der Waals surface area contributed by atoms with Crippen molar-refractivity contribution in [2.24, 2.45) is 0 Å². The summed E-state index contributed by atoms with van der Waals surface area (Å²) < 4.78 is 52.9. The smallest absolute Gasteiger partial charge is 0.243 e. The van der Waals surface area contributed by atoms with Crippen molar-refractivity contribution in [1.29, 1.82) is 0 Å². The molecule has 0 bridgehead atoms. The Morgan fingerprint density at radius 3 is 2.23 bits per heavy atom. The summed E-state index contributed by atoms with van der Waals surface area (Å²) in [7, 11) is -3.60. The van der Waals surface area contributed by atoms with E-state index in [4.69, 9.17) is 0 Å². The molecule has 0 atom stereocenters. The highest BCUT2D eigenvalue weighted by Crippen LogP contribution is 2.17. The molecule has 0 aromatic heterocycles. The fourth-order valence-corrected chi connectivity index (χ4v) is 3.87. The molecule has 0 N–H and O–H groups in total. The Hall–Kier alpha value is -2.38. The predicted molar refractivity (Wildman–Crippen MR) is 96.3 cm³/mol. The second-order valence-corrected chi connectivity index (χ2v) is 7.39. The number of benzene rings is 2. The number of ketones is 1. The standard InChI is InChI=1S/C19H19F2NO3S/c1-3-22(4-2)26(24,25)16-11-8-14(9-12-16)18(23)13-10-15-6-5-7-17(20)19(15)21/h5-13H,3-4H2,1-2H3. The normalized spacial score (nSPS) is 12.0. The summed E-state index contributed by atoms with van der Waals surface area (Å²) in [6.07, 6.45) is 2.30. The van der Waals surface area contributed by atoms with Gasteiger partial charge >= 0.3 is 0 Å². The van der Waals surface area contributed by atoms with Crippen LogP contribution >= 0.6 is 0 Å². The van der Waals surface area contributed by atoms with Gasteiger partial charge in [-0.15, -0.1) is 0 Å². The van der Waals surface area contributed by atoms with Crippen molar-refractivity contribution in [3.63, 3.8) is 0 Å². The van der Waals surface area contributed by atoms with Gasteiger partial charge in [0.2, 0.25) is 10.0 Å². The van der Waals surface area contributed by atoms with E-state index in [1.54, 1.807) is 13.8 Å². The topological polar surface area (TPSA) is 54.5 Å². The van der Waals surface area contributed by atoms with Gasteiger partial charge in [-0.2, -0.15) is 4.31 Å². The number of hydrogen-bond donors (Lipinski definition) is 0. The average molecular weight is 379 g/mol. The molecule has 2 aromatic carbocycles. The molecule has 0 heterocycles. The summed E-state index contributed by atoms with van der Waals surface area (Å²) in [5.74, 6) is -2.47. The third-order valence-electron chi connectivity index (χ3n) is 3.88. The van der Waals surface area contributed by atoms with Gasteiger partial charge in [0.25, 0.3) is 0 Å². The van der Waals surface area contributed by atoms with E-state index in [1.807, 2.05) is 0 Å². The van der Waals surface area contributed by atoms with E-state index < -0.39 is 27.4 Å². The van der Waals surface area contributed by atoms with E-state index in [0.29, 0.717) is 13.1 Å². The summed E-state index contributed by atoms with van der Waals surface area (Å²) >= 11 is 0. The molecule has 0 saturated carbocycles. The molecular formula is C19H19F2NO3S. The quantitative estimate of drug-likeness (QED) is 0.542. The van der Waals surface area contributed by atoms with Gasteiger partial charge in [0, 0.05) is 24.2 Å². The molecule has 2 rings (SSSR count). The Labute approximate surface area is 151 Å². The van der Waals surface area contributed by atoms with Crippen molar-refractivity contribution >= 4 is 21.9 Å². The molecule has 7 heteroatoms. The number of carbonyl (C=O) groups excluding carboxylic acids is 1. The minimum absolute atomic E-state index is 0.0425. The number of nitrogens with zero attached hydrogens (tertiary/aromatic N) is 1. The maximum atomic E-state index is 13.6. The van der Waals surface area contributed by atoms with Crippen LogP contribution in [0.3, 0.4) is 0 Å². The van der Waals surface area contributed by atoms with Gasteiger partial charge in [-0.3, -0.25) is 4.79 Å². The van der Waals surface area contributed by atoms with Crippen LogP contribution in [0.2, 0.25) is 0 Å². The molecule has 0 aliphatic carbocycles. The number of rotatable bonds is 7. The van der Waals surface area contributed by atoms with Crippen LogP contribution < -0.4 is 0 Å². The van der Waals surface area contributed by atoms with Crippen LogP contribution in [0.1, 0.15) is 29.8 Å². The Balaban J connectivity index is 2.21. The number of carbonyl (C=O) groups is 1. The van der Waals surface area contributed by atoms with Crippen molar-refractivity contribution in [3.8, 4) is 0 Å². The first kappa shape index (κ1) is 19.9. The van der Waals surface area contributed by atoms with E-state index in [1.165, 1.54) is 46.8 Å². The summed E-state index contributed by atoms with van der Waals surface area (Å²) in [5.41, 5.74) is 0.204. The monoisotopic (exact) mass is 379 g/mol. The van der Waals surface area contributed by atoms with Gasteiger partial charge < -0.3 is 0 Å². The van der Waals surface area contributed by atoms with Gasteiger partial charge in [0.15, 0.2) is 17.4 Å². The number of hydrogen-bond acceptors (Lipinski definition) is 3. The highest BCUT2D eigenvalue weighted by atomic mass is 32.2. The van der Waals surface area contributed by atoms with E-state index in [2.05, 4.69) is 0 Å². The summed E-state index contributed by atoms with van der Waals surface area (Å²) in [5, 5.41) is 0. The van der Waals surface area contributed by atoms with Gasteiger partial charge in [-0.05, 0) is 42.5 Å². The van der Waals surface area contributed by atoms with Crippen LogP contribution in [-0.2, 0) is 10.0 Å². The number of allylic oxidation sites excluding steroid dienone is 1. The first-order valence-electron chi connectivity index (χ1n) is 8.07. The Kier molecular flexibility index (Phi) is 6.39. The predicted octanol–water partition coefficient (Wildman–Crippen LogP) is 3.89. The summed E-state index contributed by atoms with van der Waals surface area (Å²) in [6.45, 7) is 4.19. The van der Waals surface area contributed by atoms with Crippen LogP contribution in [0.4, 0.5) is 8.78 Å². The second-order valence-electron chi connectivity index (χ2n) is 5.45. The Bertz CT molecular complexity index is 918. The SMILES string of the molecule is CCN(CC)S(=O)(=O)c1ccc(C(=O)C=Cc2cccc(F)c2F)cc1. The molecule has 0 spiro atoms. The Morgan fingerprint density at radius 2 is 1.65 bits per heavy atom. The molecule has 0 unspecified atom stereocenters. The lowest BCUT2D eigenvalue weighted by molar-refractivity contribution is 0.104. The lowest BCUT2D eigenvalue weighted by atomic mass is 10.1. The molecule has 4 nitrogen and oxygen atoms in total. The third-order valence-corrected chi connectivity index (χ3v) is 5.94. The van der Waals surface area contributed by atoms with Crippen molar-refractivity contribution < 1.29 is 22.0 Å². The minimum Gasteiger partial charge on any atom is -0.289 e. The zero-order valence-corrected chi connectivity index (χ0v) is 15.3. The van der Waals surface area contributed by atoms with Gasteiger partial charge in [-0.25, -0.2) is 17.2 Å². The molecule has 138 valence electrons. The number of sulfonamides is 1. The summed E-state index contributed by atoms with van der Waals surface area (Å²) in [4.78, 5) is 12.3. The Morgan fingerprint density at radius 1 is 1.04 bits per heavy atom. The number of halogens is 2. The molecule has 0 amide bonds. The van der Waals surface area contributed by atoms with Crippen molar-refractivity contribution in [3.05, 3.63) is 71.3 Å². The summed E-state index contributed by atoms with van der Waals surface area (Å²) in [6, 6.07) is 9.19. The van der Waals surface area contributed by atoms with Crippen molar-refractivity contribution in [2.45, 2.75) is 18.7 Å². The van der Waals surface area contributed by atoms with Crippen LogP contribution in [0, 0.1) is 11.6 Å². The highest BCUT2D eigenvalue weighted by Gasteiger charge is 2.21. The van der Waals surface area contributed by atoms with E-state index >= 15 is 0 Å². The fourth-order valence-electron chi connectivity index (χ4n) is 2.41. The zero-order chi connectivity index (χ0) is 19.3. The van der Waals surface area contributed by atoms with E-state index in [9.17, 15) is 22.0 Å². The van der Waals surface area contributed by atoms with Crippen LogP contribution in [-0.4, -0.2) is 31.6 Å². The van der Waals surface area contributed by atoms with Gasteiger partial charge in [0.1, 0.15) is 0 Å².